The van der Waals surface area contributed by atoms with Gasteiger partial charge in [0.2, 0.25) is 0 Å². The first kappa shape index (κ1) is 17.6. The molecular weight excluding hydrogens is 248 g/mol. The van der Waals surface area contributed by atoms with Crippen molar-refractivity contribution < 1.29 is 14.1 Å². The molecule has 108 valence electrons. The van der Waals surface area contributed by atoms with Crippen molar-refractivity contribution in [1.29, 1.82) is 0 Å². The predicted molar refractivity (Wildman–Crippen MR) is 77.4 cm³/mol. The van der Waals surface area contributed by atoms with Gasteiger partial charge in [-0.25, -0.2) is 0 Å². The van der Waals surface area contributed by atoms with Crippen molar-refractivity contribution in [3.63, 3.8) is 0 Å². The van der Waals surface area contributed by atoms with Gasteiger partial charge in [-0.2, -0.15) is 0 Å². The van der Waals surface area contributed by atoms with Gasteiger partial charge in [-0.15, -0.1) is 0 Å². The van der Waals surface area contributed by atoms with Crippen LogP contribution in [0.3, 0.4) is 0 Å². The highest BCUT2D eigenvalue weighted by atomic mass is 32.2. The number of hydrogen-bond acceptors (Lipinski definition) is 2. The Balaban J connectivity index is 3.11. The SMILES string of the molecule is CCCCCCCCCCCCS(=O)CC(=O)O. The lowest BCUT2D eigenvalue weighted by Crippen LogP contribution is -2.11. The van der Waals surface area contributed by atoms with Gasteiger partial charge in [0.15, 0.2) is 0 Å². The van der Waals surface area contributed by atoms with Gasteiger partial charge < -0.3 is 5.11 Å². The van der Waals surface area contributed by atoms with Crippen LogP contribution in [0.2, 0.25) is 0 Å². The Morgan fingerprint density at radius 2 is 1.33 bits per heavy atom. The fourth-order valence-corrected chi connectivity index (χ4v) is 2.91. The van der Waals surface area contributed by atoms with E-state index in [1.54, 1.807) is 0 Å². The Bertz CT molecular complexity index is 229. The van der Waals surface area contributed by atoms with E-state index in [-0.39, 0.29) is 5.75 Å². The zero-order valence-electron chi connectivity index (χ0n) is 11.7. The maximum absolute atomic E-state index is 11.2. The van der Waals surface area contributed by atoms with Crippen LogP contribution in [-0.4, -0.2) is 26.8 Å². The Morgan fingerprint density at radius 3 is 1.78 bits per heavy atom. The van der Waals surface area contributed by atoms with Crippen LogP contribution in [0.4, 0.5) is 0 Å². The van der Waals surface area contributed by atoms with Crippen LogP contribution in [0.5, 0.6) is 0 Å². The molecule has 0 heterocycles. The Kier molecular flexibility index (Phi) is 12.8. The van der Waals surface area contributed by atoms with Crippen LogP contribution in [0, 0.1) is 0 Å². The minimum atomic E-state index is -1.16. The van der Waals surface area contributed by atoms with Gasteiger partial charge in [-0.1, -0.05) is 64.7 Å². The van der Waals surface area contributed by atoms with E-state index in [4.69, 9.17) is 5.11 Å². The molecule has 1 N–H and O–H groups in total. The maximum Gasteiger partial charge on any atom is 0.316 e. The van der Waals surface area contributed by atoms with E-state index in [0.29, 0.717) is 5.75 Å². The fraction of sp³-hybridized carbons (Fsp3) is 0.929. The second kappa shape index (κ2) is 13.1. The molecule has 0 saturated carbocycles. The number of rotatable bonds is 13. The van der Waals surface area contributed by atoms with Crippen molar-refractivity contribution in [3.8, 4) is 0 Å². The van der Waals surface area contributed by atoms with Gasteiger partial charge >= 0.3 is 5.97 Å². The summed E-state index contributed by atoms with van der Waals surface area (Å²) in [5.41, 5.74) is 0. The van der Waals surface area contributed by atoms with Crippen LogP contribution in [0.15, 0.2) is 0 Å². The average molecular weight is 276 g/mol. The van der Waals surface area contributed by atoms with Crippen molar-refractivity contribution in [1.82, 2.24) is 0 Å². The van der Waals surface area contributed by atoms with Crippen LogP contribution in [0.25, 0.3) is 0 Å². The molecule has 0 aliphatic rings. The van der Waals surface area contributed by atoms with Crippen molar-refractivity contribution >= 4 is 16.8 Å². The molecule has 0 aliphatic carbocycles. The summed E-state index contributed by atoms with van der Waals surface area (Å²) in [6, 6.07) is 0. The monoisotopic (exact) mass is 276 g/mol. The molecular formula is C14H28O3S. The van der Waals surface area contributed by atoms with Crippen LogP contribution in [-0.2, 0) is 15.6 Å². The quantitative estimate of drug-likeness (QED) is 0.521. The van der Waals surface area contributed by atoms with E-state index in [9.17, 15) is 9.00 Å². The summed E-state index contributed by atoms with van der Waals surface area (Å²) in [7, 11) is -1.16. The Labute approximate surface area is 114 Å². The Hall–Kier alpha value is -0.380. The highest BCUT2D eigenvalue weighted by molar-refractivity contribution is 7.85. The summed E-state index contributed by atoms with van der Waals surface area (Å²) in [4.78, 5) is 10.3. The van der Waals surface area contributed by atoms with Crippen molar-refractivity contribution in [2.45, 2.75) is 71.1 Å². The van der Waals surface area contributed by atoms with Gasteiger partial charge in [0.25, 0.3) is 0 Å². The minimum absolute atomic E-state index is 0.197. The summed E-state index contributed by atoms with van der Waals surface area (Å²) < 4.78 is 11.2. The fourth-order valence-electron chi connectivity index (χ4n) is 1.96. The number of carboxylic acid groups (broad SMARTS) is 1. The van der Waals surface area contributed by atoms with E-state index in [1.807, 2.05) is 0 Å². The molecule has 0 fully saturated rings. The molecule has 0 saturated heterocycles. The van der Waals surface area contributed by atoms with E-state index in [0.717, 1.165) is 12.8 Å². The van der Waals surface area contributed by atoms with Crippen molar-refractivity contribution in [3.05, 3.63) is 0 Å². The zero-order valence-corrected chi connectivity index (χ0v) is 12.5. The summed E-state index contributed by atoms with van der Waals surface area (Å²) in [6.07, 6.45) is 12.5. The smallest absolute Gasteiger partial charge is 0.316 e. The van der Waals surface area contributed by atoms with Crippen molar-refractivity contribution in [2.24, 2.45) is 0 Å². The first-order valence-corrected chi connectivity index (χ1v) is 8.72. The highest BCUT2D eigenvalue weighted by Crippen LogP contribution is 2.10. The lowest BCUT2D eigenvalue weighted by Gasteiger charge is -2.02. The lowest BCUT2D eigenvalue weighted by molar-refractivity contribution is -0.133. The molecule has 0 radical (unpaired) electrons. The normalized spacial score (nSPS) is 12.5. The zero-order chi connectivity index (χ0) is 13.6. The summed E-state index contributed by atoms with van der Waals surface area (Å²) in [5, 5.41) is 8.45. The molecule has 4 heteroatoms. The molecule has 3 nitrogen and oxygen atoms in total. The molecule has 0 aliphatic heterocycles. The molecule has 1 unspecified atom stereocenters. The van der Waals surface area contributed by atoms with Gasteiger partial charge in [-0.3, -0.25) is 9.00 Å². The van der Waals surface area contributed by atoms with Gasteiger partial charge in [-0.05, 0) is 6.42 Å². The number of aliphatic carboxylic acids is 1. The minimum Gasteiger partial charge on any atom is -0.481 e. The average Bonchev–Trinajstić information content (AvgIpc) is 2.30. The molecule has 0 aromatic heterocycles. The molecule has 18 heavy (non-hydrogen) atoms. The predicted octanol–water partition coefficient (Wildman–Crippen LogP) is 3.74. The number of hydrogen-bond donors (Lipinski definition) is 1. The van der Waals surface area contributed by atoms with E-state index in [2.05, 4.69) is 6.92 Å². The van der Waals surface area contributed by atoms with Gasteiger partial charge in [0.05, 0.1) is 0 Å². The molecule has 0 bridgehead atoms. The molecule has 0 rings (SSSR count). The standard InChI is InChI=1S/C14H28O3S/c1-2-3-4-5-6-7-8-9-10-11-12-18(17)13-14(15)16/h2-13H2,1H3,(H,15,16). The van der Waals surface area contributed by atoms with Crippen LogP contribution >= 0.6 is 0 Å². The first-order chi connectivity index (χ1) is 8.66. The van der Waals surface area contributed by atoms with E-state index in [1.165, 1.54) is 51.4 Å². The summed E-state index contributed by atoms with van der Waals surface area (Å²) >= 11 is 0. The lowest BCUT2D eigenvalue weighted by atomic mass is 10.1. The summed E-state index contributed by atoms with van der Waals surface area (Å²) in [6.45, 7) is 2.23. The van der Waals surface area contributed by atoms with E-state index < -0.39 is 16.8 Å². The molecule has 0 amide bonds. The van der Waals surface area contributed by atoms with Crippen LogP contribution in [0.1, 0.15) is 71.1 Å². The number of carboxylic acids is 1. The second-order valence-electron chi connectivity index (χ2n) is 4.86. The summed E-state index contributed by atoms with van der Waals surface area (Å²) in [5.74, 6) is -0.611. The molecule has 0 aromatic carbocycles. The van der Waals surface area contributed by atoms with Gasteiger partial charge in [0, 0.05) is 16.6 Å². The van der Waals surface area contributed by atoms with Crippen LogP contribution < -0.4 is 0 Å². The number of carbonyl (C=O) groups is 1. The number of unbranched alkanes of at least 4 members (excludes halogenated alkanes) is 9. The van der Waals surface area contributed by atoms with Gasteiger partial charge in [0.1, 0.15) is 5.75 Å². The molecule has 0 aromatic rings. The topological polar surface area (TPSA) is 54.4 Å². The first-order valence-electron chi connectivity index (χ1n) is 7.23. The van der Waals surface area contributed by atoms with Crippen molar-refractivity contribution in [2.75, 3.05) is 11.5 Å². The molecule has 0 spiro atoms. The molecule has 1 atom stereocenters. The highest BCUT2D eigenvalue weighted by Gasteiger charge is 2.04. The largest absolute Gasteiger partial charge is 0.481 e. The Morgan fingerprint density at radius 1 is 0.889 bits per heavy atom. The van der Waals surface area contributed by atoms with E-state index >= 15 is 0 Å². The second-order valence-corrected chi connectivity index (χ2v) is 6.44. The maximum atomic E-state index is 11.2. The third kappa shape index (κ3) is 13.7. The third-order valence-electron chi connectivity index (χ3n) is 3.01. The third-order valence-corrected chi connectivity index (χ3v) is 4.32.